The first-order valence-electron chi connectivity index (χ1n) is 7.38. The second kappa shape index (κ2) is 6.90. The maximum atomic E-state index is 13.1. The Balaban J connectivity index is 1.73. The van der Waals surface area contributed by atoms with Gasteiger partial charge in [-0.05, 0) is 49.9 Å². The highest BCUT2D eigenvalue weighted by Gasteiger charge is 2.28. The molecule has 19 heavy (non-hydrogen) atoms. The van der Waals surface area contributed by atoms with Crippen LogP contribution in [-0.2, 0) is 0 Å². The fourth-order valence-corrected chi connectivity index (χ4v) is 2.28. The number of nitrogens with zero attached hydrogens (tertiary/aromatic N) is 1. The minimum Gasteiger partial charge on any atom is -0.384 e. The minimum absolute atomic E-state index is 0.177. The summed E-state index contributed by atoms with van der Waals surface area (Å²) in [5.41, 5.74) is 0.875. The average Bonchev–Trinajstić information content (AvgIpc) is 3.17. The summed E-state index contributed by atoms with van der Waals surface area (Å²) in [4.78, 5) is 2.58. The molecule has 0 amide bonds. The van der Waals surface area contributed by atoms with Crippen molar-refractivity contribution < 1.29 is 4.39 Å². The summed E-state index contributed by atoms with van der Waals surface area (Å²) in [7, 11) is 0. The lowest BCUT2D eigenvalue weighted by Crippen LogP contribution is -2.32. The molecule has 1 aromatic rings. The molecule has 3 heteroatoms. The fraction of sp³-hybridized carbons (Fsp3) is 0.625. The average molecular weight is 264 g/mol. The van der Waals surface area contributed by atoms with Crippen molar-refractivity contribution in [2.45, 2.75) is 39.2 Å². The number of hydrogen-bond acceptors (Lipinski definition) is 2. The van der Waals surface area contributed by atoms with Crippen LogP contribution in [0.3, 0.4) is 0 Å². The highest BCUT2D eigenvalue weighted by atomic mass is 19.1. The largest absolute Gasteiger partial charge is 0.384 e. The van der Waals surface area contributed by atoms with Gasteiger partial charge in [0.05, 0.1) is 0 Å². The van der Waals surface area contributed by atoms with Crippen molar-refractivity contribution in [3.8, 4) is 0 Å². The number of anilines is 1. The molecule has 2 nitrogen and oxygen atoms in total. The van der Waals surface area contributed by atoms with Gasteiger partial charge in [-0.25, -0.2) is 4.39 Å². The van der Waals surface area contributed by atoms with Crippen LogP contribution in [0.1, 0.15) is 33.1 Å². The molecule has 1 aliphatic carbocycles. The van der Waals surface area contributed by atoms with Crippen LogP contribution in [-0.4, -0.2) is 30.6 Å². The molecule has 0 unspecified atom stereocenters. The predicted molar refractivity (Wildman–Crippen MR) is 78.9 cm³/mol. The first-order chi connectivity index (χ1) is 9.15. The van der Waals surface area contributed by atoms with E-state index in [-0.39, 0.29) is 5.82 Å². The third kappa shape index (κ3) is 5.19. The molecule has 0 atom stereocenters. The van der Waals surface area contributed by atoms with E-state index in [0.717, 1.165) is 30.7 Å². The zero-order chi connectivity index (χ0) is 13.7. The monoisotopic (exact) mass is 264 g/mol. The topological polar surface area (TPSA) is 15.3 Å². The maximum absolute atomic E-state index is 13.1. The SMILES string of the molecule is CC(C)CCN(CCNc1cccc(F)c1)C1CC1. The lowest BCUT2D eigenvalue weighted by atomic mass is 10.1. The summed E-state index contributed by atoms with van der Waals surface area (Å²) < 4.78 is 13.1. The molecule has 0 aliphatic heterocycles. The lowest BCUT2D eigenvalue weighted by molar-refractivity contribution is 0.257. The molecule has 0 bridgehead atoms. The first-order valence-corrected chi connectivity index (χ1v) is 7.38. The van der Waals surface area contributed by atoms with Gasteiger partial charge in [0.15, 0.2) is 0 Å². The van der Waals surface area contributed by atoms with Crippen LogP contribution in [0.2, 0.25) is 0 Å². The minimum atomic E-state index is -0.177. The highest BCUT2D eigenvalue weighted by Crippen LogP contribution is 2.27. The highest BCUT2D eigenvalue weighted by molar-refractivity contribution is 5.42. The molecule has 0 aromatic heterocycles. The molecule has 0 spiro atoms. The predicted octanol–water partition coefficient (Wildman–Crippen LogP) is 3.75. The summed E-state index contributed by atoms with van der Waals surface area (Å²) in [5.74, 6) is 0.585. The fourth-order valence-electron chi connectivity index (χ4n) is 2.28. The van der Waals surface area contributed by atoms with Crippen LogP contribution in [0.25, 0.3) is 0 Å². The van der Waals surface area contributed by atoms with Gasteiger partial charge in [0, 0.05) is 24.8 Å². The zero-order valence-electron chi connectivity index (χ0n) is 12.0. The Bertz CT molecular complexity index is 388. The van der Waals surface area contributed by atoms with Gasteiger partial charge in [-0.3, -0.25) is 4.90 Å². The summed E-state index contributed by atoms with van der Waals surface area (Å²) in [6.45, 7) is 7.67. The summed E-state index contributed by atoms with van der Waals surface area (Å²) >= 11 is 0. The Labute approximate surface area is 116 Å². The van der Waals surface area contributed by atoms with Gasteiger partial charge in [-0.2, -0.15) is 0 Å². The summed E-state index contributed by atoms with van der Waals surface area (Å²) in [6, 6.07) is 7.49. The van der Waals surface area contributed by atoms with Crippen molar-refractivity contribution in [3.05, 3.63) is 30.1 Å². The first kappa shape index (κ1) is 14.3. The molecule has 1 aliphatic rings. The molecule has 2 rings (SSSR count). The van der Waals surface area contributed by atoms with Crippen LogP contribution in [0.4, 0.5) is 10.1 Å². The molecule has 0 radical (unpaired) electrons. The van der Waals surface area contributed by atoms with E-state index in [0.29, 0.717) is 0 Å². The third-order valence-corrected chi connectivity index (χ3v) is 3.61. The van der Waals surface area contributed by atoms with Crippen LogP contribution in [0.5, 0.6) is 0 Å². The van der Waals surface area contributed by atoms with Crippen LogP contribution in [0.15, 0.2) is 24.3 Å². The summed E-state index contributed by atoms with van der Waals surface area (Å²) in [6.07, 6.45) is 3.95. The van der Waals surface area contributed by atoms with E-state index >= 15 is 0 Å². The van der Waals surface area contributed by atoms with E-state index in [1.807, 2.05) is 6.07 Å². The number of halogens is 1. The van der Waals surface area contributed by atoms with Gasteiger partial charge in [-0.15, -0.1) is 0 Å². The molecule has 1 aromatic carbocycles. The molecular formula is C16H25FN2. The van der Waals surface area contributed by atoms with Gasteiger partial charge < -0.3 is 5.32 Å². The molecule has 0 saturated heterocycles. The smallest absolute Gasteiger partial charge is 0.125 e. The lowest BCUT2D eigenvalue weighted by Gasteiger charge is -2.23. The van der Waals surface area contributed by atoms with Crippen molar-refractivity contribution in [1.82, 2.24) is 4.90 Å². The molecule has 0 heterocycles. The molecule has 1 N–H and O–H groups in total. The Morgan fingerprint density at radius 2 is 2.11 bits per heavy atom. The molecular weight excluding hydrogens is 239 g/mol. The number of rotatable bonds is 8. The van der Waals surface area contributed by atoms with Crippen molar-refractivity contribution >= 4 is 5.69 Å². The standard InChI is InChI=1S/C16H25FN2/c1-13(2)8-10-19(16-6-7-16)11-9-18-15-5-3-4-14(17)12-15/h3-5,12-13,16,18H,6-11H2,1-2H3. The molecule has 1 saturated carbocycles. The van der Waals surface area contributed by atoms with Gasteiger partial charge >= 0.3 is 0 Å². The van der Waals surface area contributed by atoms with Gasteiger partial charge in [0.2, 0.25) is 0 Å². The van der Waals surface area contributed by atoms with E-state index in [9.17, 15) is 4.39 Å². The van der Waals surface area contributed by atoms with Crippen molar-refractivity contribution in [2.24, 2.45) is 5.92 Å². The quantitative estimate of drug-likeness (QED) is 0.769. The van der Waals surface area contributed by atoms with Gasteiger partial charge in [-0.1, -0.05) is 19.9 Å². The third-order valence-electron chi connectivity index (χ3n) is 3.61. The molecule has 1 fully saturated rings. The van der Waals surface area contributed by atoms with E-state index in [2.05, 4.69) is 24.1 Å². The second-order valence-corrected chi connectivity index (χ2v) is 5.89. The van der Waals surface area contributed by atoms with Crippen LogP contribution < -0.4 is 5.32 Å². The second-order valence-electron chi connectivity index (χ2n) is 5.89. The Morgan fingerprint density at radius 1 is 1.32 bits per heavy atom. The van der Waals surface area contributed by atoms with Crippen molar-refractivity contribution in [3.63, 3.8) is 0 Å². The summed E-state index contributed by atoms with van der Waals surface area (Å²) in [5, 5.41) is 3.30. The maximum Gasteiger partial charge on any atom is 0.125 e. The van der Waals surface area contributed by atoms with Crippen molar-refractivity contribution in [2.75, 3.05) is 25.0 Å². The number of nitrogens with one attached hydrogen (secondary N) is 1. The van der Waals surface area contributed by atoms with Crippen LogP contribution >= 0.6 is 0 Å². The normalized spacial score (nSPS) is 15.2. The van der Waals surface area contributed by atoms with E-state index < -0.39 is 0 Å². The van der Waals surface area contributed by atoms with Gasteiger partial charge in [0.25, 0.3) is 0 Å². The molecule has 106 valence electrons. The zero-order valence-corrected chi connectivity index (χ0v) is 12.0. The number of benzene rings is 1. The van der Waals surface area contributed by atoms with E-state index in [1.165, 1.54) is 31.9 Å². The number of hydrogen-bond donors (Lipinski definition) is 1. The Kier molecular flexibility index (Phi) is 5.20. The Morgan fingerprint density at radius 3 is 2.74 bits per heavy atom. The van der Waals surface area contributed by atoms with E-state index in [1.54, 1.807) is 12.1 Å². The van der Waals surface area contributed by atoms with Crippen LogP contribution in [0, 0.1) is 11.7 Å². The van der Waals surface area contributed by atoms with Crippen molar-refractivity contribution in [1.29, 1.82) is 0 Å². The van der Waals surface area contributed by atoms with Gasteiger partial charge in [0.1, 0.15) is 5.82 Å². The van der Waals surface area contributed by atoms with E-state index in [4.69, 9.17) is 0 Å². The Hall–Kier alpha value is -1.09.